The van der Waals surface area contributed by atoms with Gasteiger partial charge in [-0.05, 0) is 6.92 Å². The number of rotatable bonds is 3. The van der Waals surface area contributed by atoms with E-state index in [2.05, 4.69) is 19.6 Å². The second-order valence-corrected chi connectivity index (χ2v) is 2.96. The number of anilines is 1. The summed E-state index contributed by atoms with van der Waals surface area (Å²) in [5.41, 5.74) is 0. The van der Waals surface area contributed by atoms with E-state index in [4.69, 9.17) is 0 Å². The van der Waals surface area contributed by atoms with E-state index < -0.39 is 0 Å². The molecule has 1 aromatic heterocycles. The second kappa shape index (κ2) is 4.01. The molecule has 1 aromatic rings. The van der Waals surface area contributed by atoms with Gasteiger partial charge in [0.15, 0.2) is 0 Å². The van der Waals surface area contributed by atoms with Gasteiger partial charge in [0, 0.05) is 11.5 Å². The molecule has 1 rings (SSSR count). The molecule has 0 spiro atoms. The third kappa shape index (κ3) is 2.16. The van der Waals surface area contributed by atoms with Crippen LogP contribution in [0, 0.1) is 0 Å². The quantitative estimate of drug-likeness (QED) is 0.698. The van der Waals surface area contributed by atoms with Crippen molar-refractivity contribution in [3.63, 3.8) is 0 Å². The Bertz CT molecular complexity index is 249. The Labute approximate surface area is 73.9 Å². The zero-order valence-electron chi connectivity index (χ0n) is 6.77. The first-order valence-corrected chi connectivity index (χ1v) is 4.13. The molecule has 12 heavy (non-hydrogen) atoms. The summed E-state index contributed by atoms with van der Waals surface area (Å²) in [6.45, 7) is 1.71. The molecular formula is C6H9N3O2S. The highest BCUT2D eigenvalue weighted by atomic mass is 32.1. The fourth-order valence-corrected chi connectivity index (χ4v) is 1.19. The summed E-state index contributed by atoms with van der Waals surface area (Å²) in [6.07, 6.45) is 1.56. The van der Waals surface area contributed by atoms with Crippen molar-refractivity contribution in [3.05, 3.63) is 6.20 Å². The first-order valence-electron chi connectivity index (χ1n) is 3.35. The lowest BCUT2D eigenvalue weighted by molar-refractivity contribution is -0.141. The SMILES string of the molecule is COC(=O)C(C)Nc1cnns1. The number of aromatic nitrogens is 2. The maximum Gasteiger partial charge on any atom is 0.328 e. The molecule has 0 bridgehead atoms. The zero-order chi connectivity index (χ0) is 8.97. The summed E-state index contributed by atoms with van der Waals surface area (Å²) < 4.78 is 8.16. The average Bonchev–Trinajstić information content (AvgIpc) is 2.55. The summed E-state index contributed by atoms with van der Waals surface area (Å²) >= 11 is 1.20. The molecule has 1 N–H and O–H groups in total. The van der Waals surface area contributed by atoms with E-state index in [1.165, 1.54) is 18.6 Å². The number of ether oxygens (including phenoxy) is 1. The van der Waals surface area contributed by atoms with Crippen molar-refractivity contribution in [3.8, 4) is 0 Å². The van der Waals surface area contributed by atoms with Crippen LogP contribution >= 0.6 is 11.5 Å². The van der Waals surface area contributed by atoms with Crippen LogP contribution in [-0.4, -0.2) is 28.7 Å². The lowest BCUT2D eigenvalue weighted by atomic mass is 10.3. The smallest absolute Gasteiger partial charge is 0.328 e. The number of hydrogen-bond acceptors (Lipinski definition) is 6. The largest absolute Gasteiger partial charge is 0.467 e. The Hall–Kier alpha value is -1.17. The maximum absolute atomic E-state index is 10.9. The number of nitrogens with zero attached hydrogens (tertiary/aromatic N) is 2. The summed E-state index contributed by atoms with van der Waals surface area (Å²) in [6, 6.07) is -0.364. The molecule has 0 fully saturated rings. The van der Waals surface area contributed by atoms with Crippen molar-refractivity contribution < 1.29 is 9.53 Å². The van der Waals surface area contributed by atoms with Gasteiger partial charge in [0.05, 0.1) is 13.3 Å². The number of carbonyl (C=O) groups is 1. The van der Waals surface area contributed by atoms with E-state index >= 15 is 0 Å². The van der Waals surface area contributed by atoms with Crippen molar-refractivity contribution in [2.24, 2.45) is 0 Å². The third-order valence-corrected chi connectivity index (χ3v) is 1.87. The number of methoxy groups -OCH3 is 1. The van der Waals surface area contributed by atoms with Crippen LogP contribution in [0.1, 0.15) is 6.92 Å². The molecule has 0 aliphatic heterocycles. The molecule has 1 heterocycles. The van der Waals surface area contributed by atoms with Crippen LogP contribution in [0.5, 0.6) is 0 Å². The van der Waals surface area contributed by atoms with Crippen LogP contribution in [0.4, 0.5) is 5.00 Å². The predicted molar refractivity (Wildman–Crippen MR) is 45.0 cm³/mol. The average molecular weight is 187 g/mol. The molecule has 1 unspecified atom stereocenters. The van der Waals surface area contributed by atoms with Crippen molar-refractivity contribution in [2.75, 3.05) is 12.4 Å². The number of esters is 1. The first kappa shape index (κ1) is 8.92. The van der Waals surface area contributed by atoms with Crippen LogP contribution < -0.4 is 5.32 Å². The lowest BCUT2D eigenvalue weighted by Crippen LogP contribution is -2.26. The summed E-state index contributed by atoms with van der Waals surface area (Å²) in [5.74, 6) is -0.302. The number of carbonyl (C=O) groups excluding carboxylic acids is 1. The van der Waals surface area contributed by atoms with Crippen molar-refractivity contribution in [1.29, 1.82) is 0 Å². The number of nitrogens with one attached hydrogen (secondary N) is 1. The van der Waals surface area contributed by atoms with E-state index in [0.29, 0.717) is 0 Å². The Morgan fingerprint density at radius 3 is 3.08 bits per heavy atom. The molecule has 0 radical (unpaired) electrons. The Balaban J connectivity index is 2.47. The fraction of sp³-hybridized carbons (Fsp3) is 0.500. The van der Waals surface area contributed by atoms with Gasteiger partial charge in [0.1, 0.15) is 11.0 Å². The summed E-state index contributed by atoms with van der Waals surface area (Å²) in [4.78, 5) is 10.9. The van der Waals surface area contributed by atoms with E-state index in [9.17, 15) is 4.79 Å². The summed E-state index contributed by atoms with van der Waals surface area (Å²) in [5, 5.41) is 7.26. The van der Waals surface area contributed by atoms with Crippen molar-refractivity contribution >= 4 is 22.5 Å². The molecular weight excluding hydrogens is 178 g/mol. The fourth-order valence-electron chi connectivity index (χ4n) is 0.680. The van der Waals surface area contributed by atoms with Crippen LogP contribution in [0.3, 0.4) is 0 Å². The molecule has 0 saturated carbocycles. The van der Waals surface area contributed by atoms with Gasteiger partial charge in [-0.3, -0.25) is 0 Å². The molecule has 5 nitrogen and oxygen atoms in total. The first-order chi connectivity index (χ1) is 5.74. The zero-order valence-corrected chi connectivity index (χ0v) is 7.59. The second-order valence-electron chi connectivity index (χ2n) is 2.17. The third-order valence-electron chi connectivity index (χ3n) is 1.27. The highest BCUT2D eigenvalue weighted by molar-refractivity contribution is 7.09. The van der Waals surface area contributed by atoms with Gasteiger partial charge in [-0.2, -0.15) is 0 Å². The molecule has 1 atom stereocenters. The molecule has 66 valence electrons. The minimum Gasteiger partial charge on any atom is -0.467 e. The minimum absolute atomic E-state index is 0.302. The monoisotopic (exact) mass is 187 g/mol. The van der Waals surface area contributed by atoms with Crippen LogP contribution in [0.15, 0.2) is 6.20 Å². The van der Waals surface area contributed by atoms with Gasteiger partial charge in [-0.25, -0.2) is 4.79 Å². The Morgan fingerprint density at radius 1 is 1.83 bits per heavy atom. The van der Waals surface area contributed by atoms with Crippen LogP contribution in [-0.2, 0) is 9.53 Å². The van der Waals surface area contributed by atoms with E-state index in [1.807, 2.05) is 0 Å². The van der Waals surface area contributed by atoms with Gasteiger partial charge < -0.3 is 10.1 Å². The standard InChI is InChI=1S/C6H9N3O2S/c1-4(6(10)11-2)8-5-3-7-9-12-5/h3-4,8H,1-2H3. The van der Waals surface area contributed by atoms with Crippen molar-refractivity contribution in [1.82, 2.24) is 9.59 Å². The normalized spacial score (nSPS) is 12.2. The minimum atomic E-state index is -0.364. The topological polar surface area (TPSA) is 64.1 Å². The lowest BCUT2D eigenvalue weighted by Gasteiger charge is -2.09. The van der Waals surface area contributed by atoms with Crippen LogP contribution in [0.2, 0.25) is 0 Å². The Morgan fingerprint density at radius 2 is 2.58 bits per heavy atom. The van der Waals surface area contributed by atoms with Gasteiger partial charge in [-0.1, -0.05) is 4.49 Å². The van der Waals surface area contributed by atoms with Gasteiger partial charge in [0.2, 0.25) is 0 Å². The van der Waals surface area contributed by atoms with E-state index in [-0.39, 0.29) is 12.0 Å². The Kier molecular flexibility index (Phi) is 2.98. The van der Waals surface area contributed by atoms with E-state index in [0.717, 1.165) is 5.00 Å². The molecule has 0 aliphatic carbocycles. The molecule has 0 aliphatic rings. The number of hydrogen-bond donors (Lipinski definition) is 1. The van der Waals surface area contributed by atoms with Crippen LogP contribution in [0.25, 0.3) is 0 Å². The molecule has 0 aromatic carbocycles. The molecule has 6 heteroatoms. The highest BCUT2D eigenvalue weighted by Crippen LogP contribution is 2.10. The van der Waals surface area contributed by atoms with Gasteiger partial charge >= 0.3 is 5.97 Å². The summed E-state index contributed by atoms with van der Waals surface area (Å²) in [7, 11) is 1.35. The molecule has 0 saturated heterocycles. The predicted octanol–water partition coefficient (Wildman–Crippen LogP) is 0.511. The van der Waals surface area contributed by atoms with Gasteiger partial charge in [-0.15, -0.1) is 5.10 Å². The highest BCUT2D eigenvalue weighted by Gasteiger charge is 2.12. The van der Waals surface area contributed by atoms with Crippen molar-refractivity contribution in [2.45, 2.75) is 13.0 Å². The van der Waals surface area contributed by atoms with Gasteiger partial charge in [0.25, 0.3) is 0 Å². The van der Waals surface area contributed by atoms with E-state index in [1.54, 1.807) is 13.1 Å². The maximum atomic E-state index is 10.9. The molecule has 0 amide bonds.